The van der Waals surface area contributed by atoms with E-state index >= 15 is 0 Å². The van der Waals surface area contributed by atoms with Gasteiger partial charge in [-0.3, -0.25) is 14.5 Å². The number of esters is 1. The van der Waals surface area contributed by atoms with E-state index in [1.54, 1.807) is 43.3 Å². The molecule has 0 fully saturated rings. The van der Waals surface area contributed by atoms with Gasteiger partial charge in [0.25, 0.3) is 0 Å². The lowest BCUT2D eigenvalue weighted by Crippen LogP contribution is -2.25. The summed E-state index contributed by atoms with van der Waals surface area (Å²) in [5.41, 5.74) is 2.74. The van der Waals surface area contributed by atoms with Crippen molar-refractivity contribution in [2.75, 3.05) is 20.6 Å². The Morgan fingerprint density at radius 3 is 2.26 bits per heavy atom. The second-order valence-corrected chi connectivity index (χ2v) is 6.74. The fourth-order valence-electron chi connectivity index (χ4n) is 3.06. The fourth-order valence-corrected chi connectivity index (χ4v) is 3.06. The maximum Gasteiger partial charge on any atom is 0.325 e. The number of ether oxygens (including phenoxy) is 1. The van der Waals surface area contributed by atoms with Crippen LogP contribution in [0.15, 0.2) is 54.6 Å². The number of aromatic nitrogens is 2. The molecule has 2 heterocycles. The minimum Gasteiger partial charge on any atom is -0.426 e. The number of hydrogen-bond acceptors (Lipinski definition) is 4. The molecule has 0 atom stereocenters. The van der Waals surface area contributed by atoms with Gasteiger partial charge >= 0.3 is 5.97 Å². The third kappa shape index (κ3) is 3.47. The topological polar surface area (TPSA) is 78.2 Å². The number of rotatable bonds is 5. The largest absolute Gasteiger partial charge is 0.426 e. The zero-order chi connectivity index (χ0) is 19.0. The molecule has 0 radical (unpaired) electrons. The van der Waals surface area contributed by atoms with Gasteiger partial charge in [0.1, 0.15) is 5.75 Å². The summed E-state index contributed by atoms with van der Waals surface area (Å²) in [5.74, 6) is 0.00998. The molecule has 4 rings (SSSR count). The minimum atomic E-state index is -0.329. The second kappa shape index (κ2) is 6.74. The summed E-state index contributed by atoms with van der Waals surface area (Å²) in [6.45, 7) is 0.204. The zero-order valence-electron chi connectivity index (χ0n) is 15.1. The van der Waals surface area contributed by atoms with Crippen LogP contribution < -0.4 is 4.74 Å². The SMILES string of the molecule is CN(C)CC(=O)Oc1ccc2[nH]c(C(=O)c3cc4ccccc4[nH]3)cc2c1. The average Bonchev–Trinajstić information content (AvgIpc) is 3.23. The number of carbonyl (C=O) groups excluding carboxylic acids is 2. The van der Waals surface area contributed by atoms with E-state index in [2.05, 4.69) is 9.97 Å². The van der Waals surface area contributed by atoms with Crippen molar-refractivity contribution in [1.29, 1.82) is 0 Å². The van der Waals surface area contributed by atoms with Gasteiger partial charge in [-0.1, -0.05) is 18.2 Å². The van der Waals surface area contributed by atoms with Crippen molar-refractivity contribution < 1.29 is 14.3 Å². The molecule has 4 aromatic rings. The Morgan fingerprint density at radius 2 is 1.56 bits per heavy atom. The molecule has 6 nitrogen and oxygen atoms in total. The Labute approximate surface area is 155 Å². The Hall–Kier alpha value is -3.38. The van der Waals surface area contributed by atoms with Crippen LogP contribution in [-0.4, -0.2) is 47.3 Å². The van der Waals surface area contributed by atoms with E-state index in [0.717, 1.165) is 21.8 Å². The van der Waals surface area contributed by atoms with Crippen LogP contribution in [0.5, 0.6) is 5.75 Å². The first-order valence-corrected chi connectivity index (χ1v) is 8.60. The van der Waals surface area contributed by atoms with E-state index in [0.29, 0.717) is 17.1 Å². The third-order valence-corrected chi connectivity index (χ3v) is 4.29. The molecule has 0 saturated carbocycles. The van der Waals surface area contributed by atoms with E-state index in [-0.39, 0.29) is 18.3 Å². The van der Waals surface area contributed by atoms with Crippen molar-refractivity contribution in [3.05, 3.63) is 66.0 Å². The smallest absolute Gasteiger partial charge is 0.325 e. The highest BCUT2D eigenvalue weighted by atomic mass is 16.5. The molecular weight excluding hydrogens is 342 g/mol. The highest BCUT2D eigenvalue weighted by molar-refractivity contribution is 6.11. The number of para-hydroxylation sites is 1. The highest BCUT2D eigenvalue weighted by Crippen LogP contribution is 2.24. The van der Waals surface area contributed by atoms with Gasteiger partial charge in [-0.25, -0.2) is 0 Å². The summed E-state index contributed by atoms with van der Waals surface area (Å²) in [7, 11) is 3.61. The fraction of sp³-hybridized carbons (Fsp3) is 0.143. The van der Waals surface area contributed by atoms with Crippen LogP contribution in [-0.2, 0) is 4.79 Å². The maximum absolute atomic E-state index is 12.8. The Morgan fingerprint density at radius 1 is 0.889 bits per heavy atom. The van der Waals surface area contributed by atoms with Gasteiger partial charge in [0.05, 0.1) is 17.9 Å². The number of ketones is 1. The molecule has 136 valence electrons. The van der Waals surface area contributed by atoms with Crippen molar-refractivity contribution in [2.24, 2.45) is 0 Å². The number of nitrogens with zero attached hydrogens (tertiary/aromatic N) is 1. The molecule has 27 heavy (non-hydrogen) atoms. The van der Waals surface area contributed by atoms with Gasteiger partial charge in [-0.2, -0.15) is 0 Å². The van der Waals surface area contributed by atoms with Crippen LogP contribution in [0, 0.1) is 0 Å². The first-order chi connectivity index (χ1) is 13.0. The number of H-pyrrole nitrogens is 2. The molecule has 0 aliphatic carbocycles. The minimum absolute atomic E-state index is 0.117. The normalized spacial score (nSPS) is 11.4. The van der Waals surface area contributed by atoms with Crippen LogP contribution in [0.25, 0.3) is 21.8 Å². The van der Waals surface area contributed by atoms with Gasteiger partial charge in [-0.15, -0.1) is 0 Å². The Balaban J connectivity index is 1.61. The number of likely N-dealkylation sites (N-methyl/N-ethyl adjacent to an activating group) is 1. The molecule has 6 heteroatoms. The van der Waals surface area contributed by atoms with E-state index in [4.69, 9.17) is 4.74 Å². The second-order valence-electron chi connectivity index (χ2n) is 6.74. The summed E-state index contributed by atoms with van der Waals surface area (Å²) in [6, 6.07) is 16.6. The van der Waals surface area contributed by atoms with Crippen molar-refractivity contribution in [2.45, 2.75) is 0 Å². The van der Waals surface area contributed by atoms with Gasteiger partial charge in [0.15, 0.2) is 0 Å². The Bertz CT molecular complexity index is 1120. The van der Waals surface area contributed by atoms with Crippen molar-refractivity contribution in [1.82, 2.24) is 14.9 Å². The first kappa shape index (κ1) is 17.1. The van der Waals surface area contributed by atoms with Crippen LogP contribution in [0.1, 0.15) is 16.2 Å². The molecule has 0 aliphatic heterocycles. The molecule has 0 aliphatic rings. The molecule has 2 aromatic heterocycles. The molecule has 0 spiro atoms. The van der Waals surface area contributed by atoms with E-state index in [1.807, 2.05) is 30.3 Å². The average molecular weight is 361 g/mol. The number of nitrogens with one attached hydrogen (secondary N) is 2. The van der Waals surface area contributed by atoms with Gasteiger partial charge < -0.3 is 14.7 Å². The predicted molar refractivity (Wildman–Crippen MR) is 104 cm³/mol. The lowest BCUT2D eigenvalue weighted by Gasteiger charge is -2.09. The molecular formula is C21H19N3O3. The highest BCUT2D eigenvalue weighted by Gasteiger charge is 2.15. The lowest BCUT2D eigenvalue weighted by molar-refractivity contribution is -0.135. The standard InChI is InChI=1S/C21H19N3O3/c1-24(2)12-20(25)27-15-7-8-17-14(9-15)11-19(23-17)21(26)18-10-13-5-3-4-6-16(13)22-18/h3-11,22-23H,12H2,1-2H3. The van der Waals surface area contributed by atoms with E-state index in [9.17, 15) is 9.59 Å². The Kier molecular flexibility index (Phi) is 4.25. The predicted octanol–water partition coefficient (Wildman–Crippen LogP) is 3.35. The van der Waals surface area contributed by atoms with Crippen molar-refractivity contribution >= 4 is 33.6 Å². The molecule has 2 N–H and O–H groups in total. The molecule has 0 bridgehead atoms. The van der Waals surface area contributed by atoms with Crippen LogP contribution in [0.4, 0.5) is 0 Å². The number of hydrogen-bond donors (Lipinski definition) is 2. The third-order valence-electron chi connectivity index (χ3n) is 4.29. The zero-order valence-corrected chi connectivity index (χ0v) is 15.1. The summed E-state index contributed by atoms with van der Waals surface area (Å²) in [6.07, 6.45) is 0. The van der Waals surface area contributed by atoms with Gasteiger partial charge in [0, 0.05) is 21.8 Å². The number of benzene rings is 2. The van der Waals surface area contributed by atoms with Crippen LogP contribution >= 0.6 is 0 Å². The summed E-state index contributed by atoms with van der Waals surface area (Å²) >= 11 is 0. The quantitative estimate of drug-likeness (QED) is 0.325. The molecule has 2 aromatic carbocycles. The van der Waals surface area contributed by atoms with Crippen molar-refractivity contribution in [3.63, 3.8) is 0 Å². The summed E-state index contributed by atoms with van der Waals surface area (Å²) in [4.78, 5) is 32.7. The first-order valence-electron chi connectivity index (χ1n) is 8.60. The summed E-state index contributed by atoms with van der Waals surface area (Å²) in [5, 5.41) is 1.80. The summed E-state index contributed by atoms with van der Waals surface area (Å²) < 4.78 is 5.34. The van der Waals surface area contributed by atoms with Crippen LogP contribution in [0.2, 0.25) is 0 Å². The maximum atomic E-state index is 12.8. The number of fused-ring (bicyclic) bond motifs is 2. The number of carbonyl (C=O) groups is 2. The number of aromatic amines is 2. The monoisotopic (exact) mass is 361 g/mol. The molecule has 0 amide bonds. The van der Waals surface area contributed by atoms with Gasteiger partial charge in [-0.05, 0) is 50.5 Å². The molecule has 0 saturated heterocycles. The lowest BCUT2D eigenvalue weighted by atomic mass is 10.2. The van der Waals surface area contributed by atoms with Crippen LogP contribution in [0.3, 0.4) is 0 Å². The van der Waals surface area contributed by atoms with Gasteiger partial charge in [0.2, 0.25) is 5.78 Å². The van der Waals surface area contributed by atoms with E-state index in [1.165, 1.54) is 0 Å². The molecule has 0 unspecified atom stereocenters. The van der Waals surface area contributed by atoms with E-state index < -0.39 is 0 Å². The van der Waals surface area contributed by atoms with Crippen molar-refractivity contribution in [3.8, 4) is 5.75 Å².